The minimum absolute atomic E-state index is 0.544. The zero-order valence-electron chi connectivity index (χ0n) is 16.7. The second-order valence-corrected chi connectivity index (χ2v) is 6.82. The Labute approximate surface area is 160 Å². The summed E-state index contributed by atoms with van der Waals surface area (Å²) in [5.41, 5.74) is 6.37. The van der Waals surface area contributed by atoms with Crippen LogP contribution in [0.4, 0.5) is 5.69 Å². The number of unbranched alkanes of at least 4 members (excludes halogenated alkanes) is 9. The number of benzene rings is 1. The number of anilines is 1. The number of nitrogens with two attached hydrogens (primary N) is 1. The lowest BCUT2D eigenvalue weighted by atomic mass is 10.1. The Morgan fingerprint density at radius 1 is 0.615 bits per heavy atom. The van der Waals surface area contributed by atoms with Gasteiger partial charge in [0, 0.05) is 12.3 Å². The standard InChI is InChI=1S/C22H39NO3/c1-2-3-4-5-6-7-8-9-10-11-16-24-17-18-25-19-20-26-22-14-12-21(23)13-15-22/h12-15H,2-11,16-20,23H2,1H3. The lowest BCUT2D eigenvalue weighted by molar-refractivity contribution is 0.0352. The van der Waals surface area contributed by atoms with E-state index in [0.717, 1.165) is 24.5 Å². The van der Waals surface area contributed by atoms with Gasteiger partial charge in [-0.1, -0.05) is 64.7 Å². The van der Waals surface area contributed by atoms with Crippen molar-refractivity contribution in [1.82, 2.24) is 0 Å². The molecule has 0 saturated carbocycles. The molecule has 0 bridgehead atoms. The van der Waals surface area contributed by atoms with E-state index in [1.165, 1.54) is 57.8 Å². The average molecular weight is 366 g/mol. The largest absolute Gasteiger partial charge is 0.491 e. The molecule has 150 valence electrons. The third-order valence-corrected chi connectivity index (χ3v) is 4.39. The molecule has 4 nitrogen and oxygen atoms in total. The number of rotatable bonds is 18. The van der Waals surface area contributed by atoms with Gasteiger partial charge in [0.15, 0.2) is 0 Å². The molecular formula is C22H39NO3. The van der Waals surface area contributed by atoms with Gasteiger partial charge >= 0.3 is 0 Å². The van der Waals surface area contributed by atoms with Crippen molar-refractivity contribution in [3.63, 3.8) is 0 Å². The van der Waals surface area contributed by atoms with Crippen molar-refractivity contribution in [3.8, 4) is 5.75 Å². The lowest BCUT2D eigenvalue weighted by Gasteiger charge is -2.08. The molecule has 1 aromatic carbocycles. The summed E-state index contributed by atoms with van der Waals surface area (Å²) in [7, 11) is 0. The van der Waals surface area contributed by atoms with Crippen LogP contribution in [0.2, 0.25) is 0 Å². The molecule has 4 heteroatoms. The third kappa shape index (κ3) is 14.0. The number of ether oxygens (including phenoxy) is 3. The predicted molar refractivity (Wildman–Crippen MR) is 110 cm³/mol. The molecule has 0 heterocycles. The monoisotopic (exact) mass is 365 g/mol. The summed E-state index contributed by atoms with van der Waals surface area (Å²) >= 11 is 0. The third-order valence-electron chi connectivity index (χ3n) is 4.39. The Morgan fingerprint density at radius 3 is 1.73 bits per heavy atom. The molecule has 0 amide bonds. The van der Waals surface area contributed by atoms with Crippen molar-refractivity contribution >= 4 is 5.69 Å². The zero-order chi connectivity index (χ0) is 18.7. The van der Waals surface area contributed by atoms with Crippen LogP contribution in [-0.4, -0.2) is 33.0 Å². The van der Waals surface area contributed by atoms with Gasteiger partial charge < -0.3 is 19.9 Å². The summed E-state index contributed by atoms with van der Waals surface area (Å²) in [6.07, 6.45) is 13.5. The van der Waals surface area contributed by atoms with Gasteiger partial charge in [-0.05, 0) is 30.7 Å². The van der Waals surface area contributed by atoms with Crippen LogP contribution in [0.5, 0.6) is 5.75 Å². The summed E-state index contributed by atoms with van der Waals surface area (Å²) in [5.74, 6) is 0.819. The van der Waals surface area contributed by atoms with Crippen LogP contribution >= 0.6 is 0 Å². The lowest BCUT2D eigenvalue weighted by Crippen LogP contribution is -2.11. The van der Waals surface area contributed by atoms with E-state index in [1.807, 2.05) is 24.3 Å². The Bertz CT molecular complexity index is 408. The van der Waals surface area contributed by atoms with Gasteiger partial charge in [-0.25, -0.2) is 0 Å². The van der Waals surface area contributed by atoms with Crippen LogP contribution in [0.3, 0.4) is 0 Å². The Morgan fingerprint density at radius 2 is 1.12 bits per heavy atom. The van der Waals surface area contributed by atoms with E-state index >= 15 is 0 Å². The minimum atomic E-state index is 0.544. The molecule has 0 atom stereocenters. The number of hydrogen-bond acceptors (Lipinski definition) is 4. The smallest absolute Gasteiger partial charge is 0.119 e. The molecule has 0 aliphatic rings. The van der Waals surface area contributed by atoms with Crippen molar-refractivity contribution in [1.29, 1.82) is 0 Å². The molecule has 0 unspecified atom stereocenters. The van der Waals surface area contributed by atoms with E-state index < -0.39 is 0 Å². The van der Waals surface area contributed by atoms with Crippen molar-refractivity contribution in [2.24, 2.45) is 0 Å². The molecule has 2 N–H and O–H groups in total. The van der Waals surface area contributed by atoms with Gasteiger partial charge in [-0.2, -0.15) is 0 Å². The fourth-order valence-electron chi connectivity index (χ4n) is 2.80. The highest BCUT2D eigenvalue weighted by Crippen LogP contribution is 2.13. The van der Waals surface area contributed by atoms with Crippen LogP contribution in [-0.2, 0) is 9.47 Å². The second-order valence-electron chi connectivity index (χ2n) is 6.82. The maximum Gasteiger partial charge on any atom is 0.119 e. The number of hydrogen-bond donors (Lipinski definition) is 1. The SMILES string of the molecule is CCCCCCCCCCCCOCCOCCOc1ccc(N)cc1. The van der Waals surface area contributed by atoms with E-state index in [9.17, 15) is 0 Å². The van der Waals surface area contributed by atoms with E-state index in [4.69, 9.17) is 19.9 Å². The highest BCUT2D eigenvalue weighted by Gasteiger charge is 1.95. The van der Waals surface area contributed by atoms with Gasteiger partial charge in [-0.15, -0.1) is 0 Å². The summed E-state index contributed by atoms with van der Waals surface area (Å²) < 4.78 is 16.7. The first kappa shape index (κ1) is 22.8. The van der Waals surface area contributed by atoms with Crippen LogP contribution < -0.4 is 10.5 Å². The Hall–Kier alpha value is -1.26. The van der Waals surface area contributed by atoms with Crippen molar-refractivity contribution in [3.05, 3.63) is 24.3 Å². The van der Waals surface area contributed by atoms with Gasteiger partial charge in [0.2, 0.25) is 0 Å². The molecule has 0 fully saturated rings. The highest BCUT2D eigenvalue weighted by atomic mass is 16.5. The van der Waals surface area contributed by atoms with Crippen molar-refractivity contribution in [2.75, 3.05) is 38.8 Å². The van der Waals surface area contributed by atoms with E-state index in [2.05, 4.69) is 6.92 Å². The first-order valence-corrected chi connectivity index (χ1v) is 10.5. The maximum atomic E-state index is 5.63. The van der Waals surface area contributed by atoms with Crippen LogP contribution in [0, 0.1) is 0 Å². The normalized spacial score (nSPS) is 11.0. The zero-order valence-corrected chi connectivity index (χ0v) is 16.7. The Kier molecular flexibility index (Phi) is 15.0. The summed E-state index contributed by atoms with van der Waals surface area (Å²) in [6, 6.07) is 7.39. The molecular weight excluding hydrogens is 326 g/mol. The highest BCUT2D eigenvalue weighted by molar-refractivity contribution is 5.41. The van der Waals surface area contributed by atoms with E-state index in [-0.39, 0.29) is 0 Å². The van der Waals surface area contributed by atoms with Gasteiger partial charge in [0.1, 0.15) is 12.4 Å². The molecule has 1 rings (SSSR count). The fraction of sp³-hybridized carbons (Fsp3) is 0.727. The van der Waals surface area contributed by atoms with Crippen molar-refractivity contribution in [2.45, 2.75) is 71.1 Å². The van der Waals surface area contributed by atoms with Gasteiger partial charge in [-0.3, -0.25) is 0 Å². The first-order chi connectivity index (χ1) is 12.8. The summed E-state index contributed by atoms with van der Waals surface area (Å²) in [4.78, 5) is 0. The van der Waals surface area contributed by atoms with Crippen LogP contribution in [0.1, 0.15) is 71.1 Å². The second kappa shape index (κ2) is 17.2. The van der Waals surface area contributed by atoms with E-state index in [1.54, 1.807) is 0 Å². The number of nitrogen functional groups attached to an aromatic ring is 1. The molecule has 0 aromatic heterocycles. The molecule has 0 aliphatic heterocycles. The quantitative estimate of drug-likeness (QED) is 0.272. The predicted octanol–water partition coefficient (Wildman–Crippen LogP) is 5.60. The first-order valence-electron chi connectivity index (χ1n) is 10.5. The maximum absolute atomic E-state index is 5.63. The minimum Gasteiger partial charge on any atom is -0.491 e. The molecule has 0 radical (unpaired) electrons. The molecule has 26 heavy (non-hydrogen) atoms. The molecule has 1 aromatic rings. The Balaban J connectivity index is 1.72. The topological polar surface area (TPSA) is 53.7 Å². The van der Waals surface area contributed by atoms with Crippen LogP contribution in [0.15, 0.2) is 24.3 Å². The molecule has 0 aliphatic carbocycles. The van der Waals surface area contributed by atoms with Gasteiger partial charge in [0.25, 0.3) is 0 Å². The average Bonchev–Trinajstić information content (AvgIpc) is 2.66. The molecule has 0 saturated heterocycles. The fourth-order valence-corrected chi connectivity index (χ4v) is 2.80. The summed E-state index contributed by atoms with van der Waals surface area (Å²) in [6.45, 7) is 5.53. The molecule has 0 spiro atoms. The van der Waals surface area contributed by atoms with Crippen molar-refractivity contribution < 1.29 is 14.2 Å². The van der Waals surface area contributed by atoms with Crippen LogP contribution in [0.25, 0.3) is 0 Å². The van der Waals surface area contributed by atoms with E-state index in [0.29, 0.717) is 26.4 Å². The van der Waals surface area contributed by atoms with Gasteiger partial charge in [0.05, 0.1) is 19.8 Å². The summed E-state index contributed by atoms with van der Waals surface area (Å²) in [5, 5.41) is 0.